The van der Waals surface area contributed by atoms with Crippen molar-refractivity contribution in [2.45, 2.75) is 6.42 Å². The van der Waals surface area contributed by atoms with E-state index >= 15 is 0 Å². The lowest BCUT2D eigenvalue weighted by molar-refractivity contribution is 0.0692. The third kappa shape index (κ3) is 3.80. The Labute approximate surface area is 197 Å². The molecule has 0 aliphatic carbocycles. The number of nitrogens with one attached hydrogen (secondary N) is 2. The molecule has 0 bridgehead atoms. The summed E-state index contributed by atoms with van der Waals surface area (Å²) in [5.74, 6) is -1.63. The van der Waals surface area contributed by atoms with Crippen LogP contribution in [0.25, 0.3) is 16.4 Å². The van der Waals surface area contributed by atoms with E-state index in [1.807, 2.05) is 42.5 Å². The topological polar surface area (TPSA) is 117 Å². The van der Waals surface area contributed by atoms with Gasteiger partial charge in [-0.25, -0.2) is 9.78 Å². The second-order valence-electron chi connectivity index (χ2n) is 7.66. The summed E-state index contributed by atoms with van der Waals surface area (Å²) in [5.41, 5.74) is 1.17. The van der Waals surface area contributed by atoms with E-state index in [1.54, 1.807) is 12.1 Å². The molecule has 3 aromatic carbocycles. The van der Waals surface area contributed by atoms with Gasteiger partial charge in [0, 0.05) is 18.1 Å². The Balaban J connectivity index is 1.65. The highest BCUT2D eigenvalue weighted by Crippen LogP contribution is 2.27. The van der Waals surface area contributed by atoms with Crippen LogP contribution in [0.15, 0.2) is 77.6 Å². The number of benzene rings is 3. The van der Waals surface area contributed by atoms with E-state index in [9.17, 15) is 19.5 Å². The monoisotopic (exact) mass is 472 g/mol. The number of carboxylic acid groups (broad SMARTS) is 1. The Hall–Kier alpha value is -4.43. The largest absolute Gasteiger partial charge is 0.478 e. The summed E-state index contributed by atoms with van der Waals surface area (Å²) in [6, 6.07) is 20.8. The summed E-state index contributed by atoms with van der Waals surface area (Å²) < 4.78 is 1.20. The fourth-order valence-electron chi connectivity index (χ4n) is 4.01. The summed E-state index contributed by atoms with van der Waals surface area (Å²) >= 11 is 6.07. The number of carbonyl (C=O) groups excluding carboxylic acids is 1. The summed E-state index contributed by atoms with van der Waals surface area (Å²) in [6.45, 7) is 0. The molecule has 0 aliphatic heterocycles. The van der Waals surface area contributed by atoms with Crippen LogP contribution in [0.4, 0.5) is 5.82 Å². The SMILES string of the molecule is O=C(O)c1ccccc1C(=O)Nc1[nH]n2c(=O)cc(Cl)nc2c1Cc1cccc2ccccc12. The number of fused-ring (bicyclic) bond motifs is 2. The summed E-state index contributed by atoms with van der Waals surface area (Å²) in [5, 5.41) is 17.1. The molecule has 3 N–H and O–H groups in total. The second-order valence-corrected chi connectivity index (χ2v) is 8.05. The molecule has 5 rings (SSSR count). The number of halogens is 1. The van der Waals surface area contributed by atoms with Crippen LogP contribution < -0.4 is 10.9 Å². The fourth-order valence-corrected chi connectivity index (χ4v) is 4.19. The summed E-state index contributed by atoms with van der Waals surface area (Å²) in [7, 11) is 0. The minimum atomic E-state index is -1.22. The average molecular weight is 473 g/mol. The number of hydrogen-bond acceptors (Lipinski definition) is 4. The summed E-state index contributed by atoms with van der Waals surface area (Å²) in [6.07, 6.45) is 0.331. The van der Waals surface area contributed by atoms with Crippen LogP contribution >= 0.6 is 11.6 Å². The van der Waals surface area contributed by atoms with Crippen LogP contribution in [0.5, 0.6) is 0 Å². The molecule has 0 radical (unpaired) electrons. The van der Waals surface area contributed by atoms with Gasteiger partial charge in [-0.1, -0.05) is 66.2 Å². The molecular weight excluding hydrogens is 456 g/mol. The van der Waals surface area contributed by atoms with Gasteiger partial charge in [0.05, 0.1) is 11.1 Å². The van der Waals surface area contributed by atoms with Crippen molar-refractivity contribution in [1.82, 2.24) is 14.6 Å². The van der Waals surface area contributed by atoms with E-state index in [4.69, 9.17) is 11.6 Å². The van der Waals surface area contributed by atoms with Gasteiger partial charge in [-0.05, 0) is 28.5 Å². The molecule has 34 heavy (non-hydrogen) atoms. The highest BCUT2D eigenvalue weighted by atomic mass is 35.5. The Morgan fingerprint density at radius 3 is 2.50 bits per heavy atom. The van der Waals surface area contributed by atoms with E-state index in [0.29, 0.717) is 12.0 Å². The first kappa shape index (κ1) is 21.4. The Morgan fingerprint density at radius 1 is 1.00 bits per heavy atom. The Morgan fingerprint density at radius 2 is 1.71 bits per heavy atom. The number of aromatic amines is 1. The number of H-pyrrole nitrogens is 1. The molecule has 2 aromatic heterocycles. The standard InChI is InChI=1S/C25H17ClN4O4/c26-20-13-21(31)30-23(27-20)19(12-15-8-5-7-14-6-1-2-9-16(14)15)22(29-30)28-24(32)17-10-3-4-11-18(17)25(33)34/h1-11,13,29H,12H2,(H,28,32)(H,33,34). The molecule has 9 heteroatoms. The number of carbonyl (C=O) groups is 2. The minimum Gasteiger partial charge on any atom is -0.478 e. The first-order valence-corrected chi connectivity index (χ1v) is 10.7. The number of nitrogens with zero attached hydrogens (tertiary/aromatic N) is 2. The van der Waals surface area contributed by atoms with E-state index in [0.717, 1.165) is 22.4 Å². The zero-order valence-electron chi connectivity index (χ0n) is 17.6. The molecule has 2 heterocycles. The van der Waals surface area contributed by atoms with Crippen molar-refractivity contribution in [3.8, 4) is 0 Å². The predicted molar refractivity (Wildman–Crippen MR) is 129 cm³/mol. The molecule has 5 aromatic rings. The lowest BCUT2D eigenvalue weighted by atomic mass is 9.99. The quantitative estimate of drug-likeness (QED) is 0.328. The molecule has 0 atom stereocenters. The fraction of sp³-hybridized carbons (Fsp3) is 0.0400. The lowest BCUT2D eigenvalue weighted by Crippen LogP contribution is -2.18. The first-order valence-electron chi connectivity index (χ1n) is 10.3. The predicted octanol–water partition coefficient (Wildman–Crippen LogP) is 4.37. The van der Waals surface area contributed by atoms with Gasteiger partial charge in [-0.15, -0.1) is 0 Å². The number of rotatable bonds is 5. The van der Waals surface area contributed by atoms with Gasteiger partial charge in [0.1, 0.15) is 11.0 Å². The molecule has 0 saturated heterocycles. The van der Waals surface area contributed by atoms with Gasteiger partial charge < -0.3 is 10.4 Å². The Bertz CT molecular complexity index is 1650. The molecule has 0 saturated carbocycles. The maximum Gasteiger partial charge on any atom is 0.336 e. The summed E-state index contributed by atoms with van der Waals surface area (Å²) in [4.78, 5) is 41.5. The number of aromatic carboxylic acids is 1. The number of aromatic nitrogens is 3. The minimum absolute atomic E-state index is 0.0110. The van der Waals surface area contributed by atoms with Crippen molar-refractivity contribution in [2.75, 3.05) is 5.32 Å². The molecular formula is C25H17ClN4O4. The van der Waals surface area contributed by atoms with Gasteiger partial charge in [0.2, 0.25) is 0 Å². The van der Waals surface area contributed by atoms with Crippen LogP contribution in [0.2, 0.25) is 5.15 Å². The molecule has 8 nitrogen and oxygen atoms in total. The average Bonchev–Trinajstić information content (AvgIpc) is 3.16. The first-order chi connectivity index (χ1) is 16.4. The van der Waals surface area contributed by atoms with E-state index in [-0.39, 0.29) is 27.7 Å². The van der Waals surface area contributed by atoms with Gasteiger partial charge in [-0.2, -0.15) is 4.52 Å². The number of anilines is 1. The maximum atomic E-state index is 13.1. The van der Waals surface area contributed by atoms with Gasteiger partial charge in [-0.3, -0.25) is 14.7 Å². The van der Waals surface area contributed by atoms with Crippen molar-refractivity contribution >= 4 is 45.7 Å². The number of hydrogen-bond donors (Lipinski definition) is 3. The second kappa shape index (κ2) is 8.49. The molecule has 0 fully saturated rings. The van der Waals surface area contributed by atoms with Gasteiger partial charge >= 0.3 is 5.97 Å². The third-order valence-electron chi connectivity index (χ3n) is 5.57. The zero-order chi connectivity index (χ0) is 23.8. The van der Waals surface area contributed by atoms with E-state index in [2.05, 4.69) is 15.4 Å². The third-order valence-corrected chi connectivity index (χ3v) is 5.76. The normalized spacial score (nSPS) is 11.1. The smallest absolute Gasteiger partial charge is 0.336 e. The van der Waals surface area contributed by atoms with Gasteiger partial charge in [0.15, 0.2) is 5.65 Å². The van der Waals surface area contributed by atoms with Crippen molar-refractivity contribution in [3.63, 3.8) is 0 Å². The highest BCUT2D eigenvalue weighted by Gasteiger charge is 2.21. The van der Waals surface area contributed by atoms with Crippen molar-refractivity contribution < 1.29 is 14.7 Å². The van der Waals surface area contributed by atoms with Crippen molar-refractivity contribution in [2.24, 2.45) is 0 Å². The lowest BCUT2D eigenvalue weighted by Gasteiger charge is -2.10. The van der Waals surface area contributed by atoms with E-state index in [1.165, 1.54) is 16.6 Å². The van der Waals surface area contributed by atoms with Crippen molar-refractivity contribution in [1.29, 1.82) is 0 Å². The Kier molecular flexibility index (Phi) is 5.35. The van der Waals surface area contributed by atoms with Crippen LogP contribution in [-0.4, -0.2) is 31.6 Å². The number of carboxylic acids is 1. The van der Waals surface area contributed by atoms with Crippen LogP contribution in [0, 0.1) is 0 Å². The van der Waals surface area contributed by atoms with Crippen LogP contribution in [0.3, 0.4) is 0 Å². The van der Waals surface area contributed by atoms with Crippen LogP contribution in [-0.2, 0) is 6.42 Å². The van der Waals surface area contributed by atoms with Crippen molar-refractivity contribution in [3.05, 3.63) is 111 Å². The molecule has 1 amide bonds. The molecule has 168 valence electrons. The van der Waals surface area contributed by atoms with Crippen LogP contribution in [0.1, 0.15) is 31.8 Å². The molecule has 0 unspecified atom stereocenters. The highest BCUT2D eigenvalue weighted by molar-refractivity contribution is 6.29. The van der Waals surface area contributed by atoms with Gasteiger partial charge in [0.25, 0.3) is 11.5 Å². The molecule has 0 spiro atoms. The maximum absolute atomic E-state index is 13.1. The zero-order valence-corrected chi connectivity index (χ0v) is 18.3. The van der Waals surface area contributed by atoms with E-state index < -0.39 is 17.4 Å². The number of amides is 1. The molecule has 0 aliphatic rings.